The molecule has 3 atom stereocenters. The van der Waals surface area contributed by atoms with Crippen molar-refractivity contribution in [2.75, 3.05) is 13.1 Å². The van der Waals surface area contributed by atoms with Gasteiger partial charge in [-0.25, -0.2) is 4.99 Å². The molecule has 3 unspecified atom stereocenters. The SMILES string of the molecule is CCC(=O)N1CCCC(NC2C(Cl)=CN=C3NC=CC32)C1. The van der Waals surface area contributed by atoms with E-state index < -0.39 is 0 Å². The Morgan fingerprint density at radius 3 is 3.29 bits per heavy atom. The second kappa shape index (κ2) is 6.20. The van der Waals surface area contributed by atoms with Gasteiger partial charge in [-0.2, -0.15) is 0 Å². The van der Waals surface area contributed by atoms with E-state index in [1.807, 2.05) is 18.0 Å². The minimum Gasteiger partial charge on any atom is -0.350 e. The molecular weight excluding hydrogens is 288 g/mol. The molecule has 114 valence electrons. The van der Waals surface area contributed by atoms with Crippen LogP contribution in [0.25, 0.3) is 0 Å². The monoisotopic (exact) mass is 308 g/mol. The molecule has 0 saturated carbocycles. The Kier molecular flexibility index (Phi) is 4.31. The van der Waals surface area contributed by atoms with E-state index in [0.29, 0.717) is 6.42 Å². The van der Waals surface area contributed by atoms with Crippen LogP contribution in [0.1, 0.15) is 26.2 Å². The first-order chi connectivity index (χ1) is 10.2. The van der Waals surface area contributed by atoms with Gasteiger partial charge in [-0.3, -0.25) is 4.79 Å². The number of halogens is 1. The lowest BCUT2D eigenvalue weighted by molar-refractivity contribution is -0.132. The topological polar surface area (TPSA) is 56.7 Å². The Morgan fingerprint density at radius 1 is 1.62 bits per heavy atom. The molecule has 3 aliphatic rings. The maximum Gasteiger partial charge on any atom is 0.222 e. The van der Waals surface area contributed by atoms with Gasteiger partial charge >= 0.3 is 0 Å². The Hall–Kier alpha value is -1.33. The summed E-state index contributed by atoms with van der Waals surface area (Å²) in [7, 11) is 0. The number of likely N-dealkylation sites (tertiary alicyclic amines) is 1. The highest BCUT2D eigenvalue weighted by atomic mass is 35.5. The molecule has 1 fully saturated rings. The standard InChI is InChI=1S/C15H21ClN4O/c1-2-13(21)20-7-3-4-10(9-20)19-14-11-5-6-17-15(11)18-8-12(14)16/h5-6,8,10-11,14,19H,2-4,7,9H2,1H3,(H,17,18). The molecule has 1 saturated heterocycles. The summed E-state index contributed by atoms with van der Waals surface area (Å²) in [5.74, 6) is 1.34. The highest BCUT2D eigenvalue weighted by Crippen LogP contribution is 2.27. The van der Waals surface area contributed by atoms with Gasteiger partial charge in [-0.1, -0.05) is 24.6 Å². The molecule has 2 N–H and O–H groups in total. The molecule has 0 spiro atoms. The molecule has 3 heterocycles. The number of nitrogens with zero attached hydrogens (tertiary/aromatic N) is 2. The minimum absolute atomic E-state index is 0.0482. The van der Waals surface area contributed by atoms with Gasteiger partial charge in [0.1, 0.15) is 5.84 Å². The van der Waals surface area contributed by atoms with Crippen molar-refractivity contribution >= 4 is 23.3 Å². The number of carbonyl (C=O) groups is 1. The summed E-state index contributed by atoms with van der Waals surface area (Å²) < 4.78 is 0. The summed E-state index contributed by atoms with van der Waals surface area (Å²) in [6, 6.07) is 0.335. The number of amides is 1. The number of hydrogen-bond acceptors (Lipinski definition) is 4. The number of piperidine rings is 1. The van der Waals surface area contributed by atoms with Crippen molar-refractivity contribution in [1.29, 1.82) is 0 Å². The van der Waals surface area contributed by atoms with E-state index in [2.05, 4.69) is 21.7 Å². The summed E-state index contributed by atoms with van der Waals surface area (Å²) in [6.45, 7) is 3.55. The first-order valence-electron chi connectivity index (χ1n) is 7.59. The largest absolute Gasteiger partial charge is 0.350 e. The highest BCUT2D eigenvalue weighted by molar-refractivity contribution is 6.30. The van der Waals surface area contributed by atoms with Gasteiger partial charge in [0.05, 0.1) is 17.0 Å². The Morgan fingerprint density at radius 2 is 2.48 bits per heavy atom. The molecule has 0 radical (unpaired) electrons. The first kappa shape index (κ1) is 14.6. The van der Waals surface area contributed by atoms with Crippen LogP contribution in [0, 0.1) is 5.92 Å². The molecule has 5 nitrogen and oxygen atoms in total. The zero-order valence-corrected chi connectivity index (χ0v) is 12.9. The van der Waals surface area contributed by atoms with Gasteiger partial charge in [0, 0.05) is 31.8 Å². The third-order valence-corrected chi connectivity index (χ3v) is 4.66. The third kappa shape index (κ3) is 2.99. The van der Waals surface area contributed by atoms with Crippen molar-refractivity contribution in [3.63, 3.8) is 0 Å². The van der Waals surface area contributed by atoms with Crippen LogP contribution in [0.3, 0.4) is 0 Å². The van der Waals surface area contributed by atoms with Gasteiger partial charge < -0.3 is 15.5 Å². The Labute approximate surface area is 130 Å². The second-order valence-electron chi connectivity index (χ2n) is 5.73. The fraction of sp³-hybridized carbons (Fsp3) is 0.600. The van der Waals surface area contributed by atoms with Crippen LogP contribution >= 0.6 is 11.6 Å². The number of nitrogens with one attached hydrogen (secondary N) is 2. The van der Waals surface area contributed by atoms with Gasteiger partial charge in [-0.05, 0) is 19.0 Å². The van der Waals surface area contributed by atoms with Crippen molar-refractivity contribution in [2.45, 2.75) is 38.3 Å². The van der Waals surface area contributed by atoms with Crippen LogP contribution in [0.15, 0.2) is 28.5 Å². The number of hydrogen-bond donors (Lipinski definition) is 2. The van der Waals surface area contributed by atoms with Gasteiger partial charge in [0.2, 0.25) is 5.91 Å². The molecule has 6 heteroatoms. The van der Waals surface area contributed by atoms with E-state index in [1.54, 1.807) is 6.20 Å². The molecule has 0 aliphatic carbocycles. The van der Waals surface area contributed by atoms with E-state index in [4.69, 9.17) is 11.6 Å². The number of rotatable bonds is 3. The van der Waals surface area contributed by atoms with Crippen LogP contribution in [0.2, 0.25) is 0 Å². The lowest BCUT2D eigenvalue weighted by Crippen LogP contribution is -2.53. The van der Waals surface area contributed by atoms with Crippen LogP contribution in [-0.2, 0) is 4.79 Å². The predicted molar refractivity (Wildman–Crippen MR) is 84.0 cm³/mol. The first-order valence-corrected chi connectivity index (χ1v) is 7.97. The molecule has 3 rings (SSSR count). The normalized spacial score (nSPS) is 31.3. The molecule has 0 aromatic carbocycles. The smallest absolute Gasteiger partial charge is 0.222 e. The fourth-order valence-electron chi connectivity index (χ4n) is 3.20. The van der Waals surface area contributed by atoms with Crippen molar-refractivity contribution in [1.82, 2.24) is 15.5 Å². The van der Waals surface area contributed by atoms with E-state index in [-0.39, 0.29) is 23.9 Å². The van der Waals surface area contributed by atoms with Gasteiger partial charge in [0.15, 0.2) is 0 Å². The molecular formula is C15H21ClN4O. The van der Waals surface area contributed by atoms with Crippen molar-refractivity contribution in [2.24, 2.45) is 10.9 Å². The van der Waals surface area contributed by atoms with Crippen LogP contribution in [0.5, 0.6) is 0 Å². The molecule has 0 bridgehead atoms. The van der Waals surface area contributed by atoms with Crippen molar-refractivity contribution < 1.29 is 4.79 Å². The summed E-state index contributed by atoms with van der Waals surface area (Å²) in [4.78, 5) is 18.1. The summed E-state index contributed by atoms with van der Waals surface area (Å²) in [6.07, 6.45) is 8.40. The van der Waals surface area contributed by atoms with Crippen molar-refractivity contribution in [3.05, 3.63) is 23.5 Å². The second-order valence-corrected chi connectivity index (χ2v) is 6.17. The average Bonchev–Trinajstić information content (AvgIpc) is 2.98. The lowest BCUT2D eigenvalue weighted by Gasteiger charge is -2.37. The molecule has 1 amide bonds. The van der Waals surface area contributed by atoms with E-state index >= 15 is 0 Å². The highest BCUT2D eigenvalue weighted by Gasteiger charge is 2.34. The molecule has 21 heavy (non-hydrogen) atoms. The molecule has 0 aromatic rings. The van der Waals surface area contributed by atoms with Crippen LogP contribution in [-0.4, -0.2) is 41.8 Å². The van der Waals surface area contributed by atoms with E-state index in [0.717, 1.165) is 36.8 Å². The molecule has 3 aliphatic heterocycles. The van der Waals surface area contributed by atoms with Gasteiger partial charge in [-0.15, -0.1) is 0 Å². The number of aliphatic imine (C=N–C) groups is 1. The van der Waals surface area contributed by atoms with Crippen LogP contribution < -0.4 is 10.6 Å². The Balaban J connectivity index is 1.66. The number of carbonyl (C=O) groups excluding carboxylic acids is 1. The third-order valence-electron chi connectivity index (χ3n) is 4.33. The number of fused-ring (bicyclic) bond motifs is 1. The quantitative estimate of drug-likeness (QED) is 0.832. The summed E-state index contributed by atoms with van der Waals surface area (Å²) in [5, 5.41) is 7.50. The van der Waals surface area contributed by atoms with E-state index in [1.165, 1.54) is 0 Å². The molecule has 0 aromatic heterocycles. The summed E-state index contributed by atoms with van der Waals surface area (Å²) in [5.41, 5.74) is 0. The van der Waals surface area contributed by atoms with Gasteiger partial charge in [0.25, 0.3) is 0 Å². The maximum absolute atomic E-state index is 11.9. The maximum atomic E-state index is 11.9. The fourth-order valence-corrected chi connectivity index (χ4v) is 3.45. The average molecular weight is 309 g/mol. The number of amidine groups is 1. The van der Waals surface area contributed by atoms with Crippen molar-refractivity contribution in [3.8, 4) is 0 Å². The zero-order valence-electron chi connectivity index (χ0n) is 12.2. The predicted octanol–water partition coefficient (Wildman–Crippen LogP) is 1.57. The minimum atomic E-state index is 0.0482. The zero-order chi connectivity index (χ0) is 14.8. The lowest BCUT2D eigenvalue weighted by atomic mass is 9.95. The summed E-state index contributed by atoms with van der Waals surface area (Å²) >= 11 is 6.34. The Bertz CT molecular complexity index is 514. The van der Waals surface area contributed by atoms with E-state index in [9.17, 15) is 4.79 Å². The van der Waals surface area contributed by atoms with Crippen LogP contribution in [0.4, 0.5) is 0 Å².